The summed E-state index contributed by atoms with van der Waals surface area (Å²) in [5, 5.41) is 0. The summed E-state index contributed by atoms with van der Waals surface area (Å²) in [6.45, 7) is -0.0147. The summed E-state index contributed by atoms with van der Waals surface area (Å²) >= 11 is 3.15. The predicted octanol–water partition coefficient (Wildman–Crippen LogP) is 1.86. The lowest BCUT2D eigenvalue weighted by atomic mass is 10.2. The highest BCUT2D eigenvalue weighted by atomic mass is 79.9. The second-order valence-corrected chi connectivity index (χ2v) is 5.19. The van der Waals surface area contributed by atoms with Crippen LogP contribution in [0.1, 0.15) is 0 Å². The SMILES string of the molecule is CN(C(=O)Cn1cccc(Br)c1=O)c1ccc(N)cc1. The number of carbonyl (C=O) groups excluding carboxylic acids is 1. The molecule has 2 rings (SSSR count). The number of nitrogens with two attached hydrogens (primary N) is 1. The Morgan fingerprint density at radius 1 is 1.30 bits per heavy atom. The Morgan fingerprint density at radius 2 is 1.95 bits per heavy atom. The highest BCUT2D eigenvalue weighted by Gasteiger charge is 2.12. The maximum absolute atomic E-state index is 12.2. The molecule has 5 nitrogen and oxygen atoms in total. The van der Waals surface area contributed by atoms with Crippen LogP contribution >= 0.6 is 15.9 Å². The van der Waals surface area contributed by atoms with Crippen LogP contribution in [-0.4, -0.2) is 17.5 Å². The topological polar surface area (TPSA) is 68.3 Å². The molecule has 0 saturated heterocycles. The van der Waals surface area contributed by atoms with Gasteiger partial charge in [-0.05, 0) is 52.3 Å². The van der Waals surface area contributed by atoms with Crippen molar-refractivity contribution in [2.75, 3.05) is 17.7 Å². The lowest BCUT2D eigenvalue weighted by Gasteiger charge is -2.18. The van der Waals surface area contributed by atoms with E-state index in [2.05, 4.69) is 15.9 Å². The maximum Gasteiger partial charge on any atom is 0.265 e. The molecule has 0 fully saturated rings. The molecule has 0 aliphatic rings. The van der Waals surface area contributed by atoms with Crippen molar-refractivity contribution in [1.82, 2.24) is 4.57 Å². The number of anilines is 2. The Labute approximate surface area is 124 Å². The monoisotopic (exact) mass is 335 g/mol. The van der Waals surface area contributed by atoms with Gasteiger partial charge in [0, 0.05) is 24.6 Å². The minimum atomic E-state index is -0.230. The number of hydrogen-bond donors (Lipinski definition) is 1. The van der Waals surface area contributed by atoms with Gasteiger partial charge in [0.05, 0.1) is 4.47 Å². The standard InChI is InChI=1S/C14H14BrN3O2/c1-17(11-6-4-10(16)5-7-11)13(19)9-18-8-2-3-12(15)14(18)20/h2-8H,9,16H2,1H3. The Hall–Kier alpha value is -2.08. The molecule has 0 atom stereocenters. The number of benzene rings is 1. The molecule has 0 radical (unpaired) electrons. The smallest absolute Gasteiger partial charge is 0.265 e. The number of carbonyl (C=O) groups is 1. The lowest BCUT2D eigenvalue weighted by molar-refractivity contribution is -0.118. The minimum Gasteiger partial charge on any atom is -0.399 e. The molecule has 0 bridgehead atoms. The summed E-state index contributed by atoms with van der Waals surface area (Å²) < 4.78 is 1.79. The molecule has 1 heterocycles. The van der Waals surface area contributed by atoms with Crippen molar-refractivity contribution < 1.29 is 4.79 Å². The quantitative estimate of drug-likeness (QED) is 0.870. The first kappa shape index (κ1) is 14.3. The summed E-state index contributed by atoms with van der Waals surface area (Å²) in [4.78, 5) is 25.5. The van der Waals surface area contributed by atoms with Crippen molar-refractivity contribution in [3.63, 3.8) is 0 Å². The zero-order valence-corrected chi connectivity index (χ0v) is 12.5. The molecule has 1 aromatic heterocycles. The minimum absolute atomic E-state index is 0.0147. The van der Waals surface area contributed by atoms with Crippen molar-refractivity contribution >= 4 is 33.2 Å². The number of nitrogen functional groups attached to an aromatic ring is 1. The van der Waals surface area contributed by atoms with Gasteiger partial charge in [-0.15, -0.1) is 0 Å². The fraction of sp³-hybridized carbons (Fsp3) is 0.143. The van der Waals surface area contributed by atoms with Crippen molar-refractivity contribution in [3.05, 3.63) is 57.4 Å². The first-order valence-electron chi connectivity index (χ1n) is 5.96. The van der Waals surface area contributed by atoms with Crippen molar-refractivity contribution in [3.8, 4) is 0 Å². The molecule has 0 saturated carbocycles. The number of rotatable bonds is 3. The molecule has 0 unspecified atom stereocenters. The predicted molar refractivity (Wildman–Crippen MR) is 82.7 cm³/mol. The van der Waals surface area contributed by atoms with Crippen molar-refractivity contribution in [2.45, 2.75) is 6.54 Å². The second kappa shape index (κ2) is 5.92. The Morgan fingerprint density at radius 3 is 2.60 bits per heavy atom. The molecule has 0 aliphatic heterocycles. The molecule has 2 N–H and O–H groups in total. The van der Waals surface area contributed by atoms with Crippen LogP contribution in [0.4, 0.5) is 11.4 Å². The molecule has 6 heteroatoms. The summed E-state index contributed by atoms with van der Waals surface area (Å²) in [6.07, 6.45) is 1.59. The molecule has 1 aromatic carbocycles. The summed E-state index contributed by atoms with van der Waals surface area (Å²) in [5.74, 6) is -0.185. The third-order valence-electron chi connectivity index (χ3n) is 2.93. The first-order chi connectivity index (χ1) is 9.49. The van der Waals surface area contributed by atoms with Crippen LogP contribution in [0.3, 0.4) is 0 Å². The largest absolute Gasteiger partial charge is 0.399 e. The summed E-state index contributed by atoms with van der Waals surface area (Å²) in [7, 11) is 1.66. The highest BCUT2D eigenvalue weighted by molar-refractivity contribution is 9.10. The molecular weight excluding hydrogens is 322 g/mol. The number of pyridine rings is 1. The molecule has 2 aromatic rings. The zero-order valence-electron chi connectivity index (χ0n) is 10.9. The number of hydrogen-bond acceptors (Lipinski definition) is 3. The molecule has 0 spiro atoms. The summed E-state index contributed by atoms with van der Waals surface area (Å²) in [6, 6.07) is 10.3. The van der Waals surface area contributed by atoms with Crippen LogP contribution in [0.25, 0.3) is 0 Å². The van der Waals surface area contributed by atoms with E-state index in [1.165, 1.54) is 9.47 Å². The molecule has 104 valence electrons. The number of likely N-dealkylation sites (N-methyl/N-ethyl adjacent to an activating group) is 1. The van der Waals surface area contributed by atoms with E-state index in [4.69, 9.17) is 5.73 Å². The molecular formula is C14H14BrN3O2. The van der Waals surface area contributed by atoms with Gasteiger partial charge < -0.3 is 15.2 Å². The van der Waals surface area contributed by atoms with Crippen molar-refractivity contribution in [1.29, 1.82) is 0 Å². The average molecular weight is 336 g/mol. The van der Waals surface area contributed by atoms with Gasteiger partial charge in [0.15, 0.2) is 0 Å². The Balaban J connectivity index is 2.17. The van der Waals surface area contributed by atoms with Crippen LogP contribution in [0.2, 0.25) is 0 Å². The number of aromatic nitrogens is 1. The molecule has 0 aliphatic carbocycles. The highest BCUT2D eigenvalue weighted by Crippen LogP contribution is 2.15. The van der Waals surface area contributed by atoms with Gasteiger partial charge >= 0.3 is 0 Å². The van der Waals surface area contributed by atoms with Crippen LogP contribution in [0.15, 0.2) is 51.9 Å². The van der Waals surface area contributed by atoms with E-state index in [0.29, 0.717) is 10.2 Å². The van der Waals surface area contributed by atoms with Gasteiger partial charge in [0.25, 0.3) is 5.56 Å². The lowest BCUT2D eigenvalue weighted by Crippen LogP contribution is -2.33. The first-order valence-corrected chi connectivity index (χ1v) is 6.75. The zero-order chi connectivity index (χ0) is 14.7. The third kappa shape index (κ3) is 3.08. The van der Waals surface area contributed by atoms with Crippen molar-refractivity contribution in [2.24, 2.45) is 0 Å². The third-order valence-corrected chi connectivity index (χ3v) is 3.54. The van der Waals surface area contributed by atoms with Gasteiger partial charge in [0.2, 0.25) is 5.91 Å². The Kier molecular flexibility index (Phi) is 4.24. The fourth-order valence-corrected chi connectivity index (χ4v) is 2.11. The van der Waals surface area contributed by atoms with Crippen LogP contribution in [0.5, 0.6) is 0 Å². The van der Waals surface area contributed by atoms with Gasteiger partial charge in [-0.3, -0.25) is 9.59 Å². The number of halogens is 1. The second-order valence-electron chi connectivity index (χ2n) is 4.33. The van der Waals surface area contributed by atoms with E-state index in [0.717, 1.165) is 5.69 Å². The number of amides is 1. The fourth-order valence-electron chi connectivity index (χ4n) is 1.73. The van der Waals surface area contributed by atoms with Gasteiger partial charge in [-0.25, -0.2) is 0 Å². The molecule has 20 heavy (non-hydrogen) atoms. The van der Waals surface area contributed by atoms with E-state index in [1.807, 2.05) is 0 Å². The van der Waals surface area contributed by atoms with E-state index in [-0.39, 0.29) is 18.0 Å². The van der Waals surface area contributed by atoms with Gasteiger partial charge in [-0.1, -0.05) is 0 Å². The maximum atomic E-state index is 12.2. The summed E-state index contributed by atoms with van der Waals surface area (Å²) in [5.41, 5.74) is 6.74. The van der Waals surface area contributed by atoms with Gasteiger partial charge in [-0.2, -0.15) is 0 Å². The Bertz CT molecular complexity index is 680. The van der Waals surface area contributed by atoms with Crippen LogP contribution in [0, 0.1) is 0 Å². The van der Waals surface area contributed by atoms with E-state index < -0.39 is 0 Å². The van der Waals surface area contributed by atoms with Crippen LogP contribution in [-0.2, 0) is 11.3 Å². The normalized spacial score (nSPS) is 10.3. The van der Waals surface area contributed by atoms with E-state index >= 15 is 0 Å². The van der Waals surface area contributed by atoms with Crippen LogP contribution < -0.4 is 16.2 Å². The average Bonchev–Trinajstić information content (AvgIpc) is 2.44. The van der Waals surface area contributed by atoms with E-state index in [1.54, 1.807) is 49.6 Å². The van der Waals surface area contributed by atoms with Gasteiger partial charge in [0.1, 0.15) is 6.54 Å². The van der Waals surface area contributed by atoms with E-state index in [9.17, 15) is 9.59 Å². The number of nitrogens with zero attached hydrogens (tertiary/aromatic N) is 2. The molecule has 1 amide bonds.